The lowest BCUT2D eigenvalue weighted by Crippen LogP contribution is -2.42. The van der Waals surface area contributed by atoms with Crippen molar-refractivity contribution in [1.29, 1.82) is 0 Å². The molecular formula is C14H15F3N2O2. The first-order valence-corrected chi connectivity index (χ1v) is 6.46. The molecular weight excluding hydrogens is 285 g/mol. The zero-order valence-corrected chi connectivity index (χ0v) is 11.5. The first kappa shape index (κ1) is 15.3. The number of carbonyl (C=O) groups is 1. The zero-order valence-electron chi connectivity index (χ0n) is 11.5. The molecule has 0 aromatic heterocycles. The molecule has 0 atom stereocenters. The molecule has 1 aliphatic rings. The highest BCUT2D eigenvalue weighted by Crippen LogP contribution is 2.22. The highest BCUT2D eigenvalue weighted by molar-refractivity contribution is 5.82. The predicted octanol–water partition coefficient (Wildman–Crippen LogP) is 2.16. The van der Waals surface area contributed by atoms with Crippen LogP contribution in [0.2, 0.25) is 0 Å². The number of rotatable bonds is 2. The van der Waals surface area contributed by atoms with Crippen molar-refractivity contribution < 1.29 is 22.8 Å². The fourth-order valence-corrected chi connectivity index (χ4v) is 2.32. The summed E-state index contributed by atoms with van der Waals surface area (Å²) in [4.78, 5) is 16.8. The molecule has 0 spiro atoms. The average molecular weight is 300 g/mol. The van der Waals surface area contributed by atoms with Crippen LogP contribution in [0.1, 0.15) is 16.7 Å². The van der Waals surface area contributed by atoms with Gasteiger partial charge in [-0.05, 0) is 35.6 Å². The van der Waals surface area contributed by atoms with Gasteiger partial charge in [-0.2, -0.15) is 13.2 Å². The number of carbonyl (C=O) groups excluding carboxylic acids is 1. The third-order valence-electron chi connectivity index (χ3n) is 3.37. The summed E-state index contributed by atoms with van der Waals surface area (Å²) in [5.41, 5.74) is 2.71. The fourth-order valence-electron chi connectivity index (χ4n) is 2.32. The molecule has 21 heavy (non-hydrogen) atoms. The molecule has 0 bridgehead atoms. The van der Waals surface area contributed by atoms with Crippen LogP contribution in [0.5, 0.6) is 0 Å². The summed E-state index contributed by atoms with van der Waals surface area (Å²) in [5.74, 6) is -1.77. The Balaban J connectivity index is 2.14. The summed E-state index contributed by atoms with van der Waals surface area (Å²) in [5, 5.41) is 3.65. The number of nitrogens with zero attached hydrogens (tertiary/aromatic N) is 2. The lowest BCUT2D eigenvalue weighted by Gasteiger charge is -2.21. The maximum atomic E-state index is 12.5. The van der Waals surface area contributed by atoms with Crippen molar-refractivity contribution in [2.45, 2.75) is 19.0 Å². The molecule has 1 aromatic rings. The van der Waals surface area contributed by atoms with E-state index in [1.54, 1.807) is 0 Å². The van der Waals surface area contributed by atoms with Gasteiger partial charge in [-0.3, -0.25) is 4.79 Å². The second-order valence-electron chi connectivity index (χ2n) is 4.74. The average Bonchev–Trinajstić information content (AvgIpc) is 2.65. The van der Waals surface area contributed by atoms with Crippen LogP contribution in [0.15, 0.2) is 23.4 Å². The number of fused-ring (bicyclic) bond motifs is 1. The van der Waals surface area contributed by atoms with Gasteiger partial charge >= 0.3 is 12.1 Å². The topological polar surface area (TPSA) is 41.9 Å². The van der Waals surface area contributed by atoms with E-state index in [4.69, 9.17) is 0 Å². The summed E-state index contributed by atoms with van der Waals surface area (Å²) in [6.45, 7) is 0.146. The fraction of sp³-hybridized carbons (Fsp3) is 0.429. The molecule has 0 fully saturated rings. The minimum Gasteiger partial charge on any atom is -0.399 e. The van der Waals surface area contributed by atoms with Crippen molar-refractivity contribution in [3.8, 4) is 0 Å². The summed E-state index contributed by atoms with van der Waals surface area (Å²) < 4.78 is 37.4. The molecule has 0 aliphatic carbocycles. The van der Waals surface area contributed by atoms with Gasteiger partial charge in [0, 0.05) is 13.1 Å². The van der Waals surface area contributed by atoms with E-state index in [1.165, 1.54) is 13.3 Å². The van der Waals surface area contributed by atoms with Crippen LogP contribution >= 0.6 is 0 Å². The Morgan fingerprint density at radius 2 is 1.95 bits per heavy atom. The van der Waals surface area contributed by atoms with Gasteiger partial charge < -0.3 is 9.74 Å². The van der Waals surface area contributed by atoms with E-state index in [-0.39, 0.29) is 13.1 Å². The van der Waals surface area contributed by atoms with Crippen LogP contribution < -0.4 is 0 Å². The summed E-state index contributed by atoms with van der Waals surface area (Å²) in [7, 11) is 1.43. The molecule has 1 heterocycles. The standard InChI is InChI=1S/C14H15F3N2O2/c1-21-18-9-10-2-3-11-4-6-19(7-5-12(11)8-10)13(20)14(15,16)17/h2-3,8-9H,4-7H2,1H3/b18-9+. The van der Waals surface area contributed by atoms with E-state index in [2.05, 4.69) is 9.99 Å². The monoisotopic (exact) mass is 300 g/mol. The van der Waals surface area contributed by atoms with Gasteiger partial charge in [0.05, 0.1) is 6.21 Å². The van der Waals surface area contributed by atoms with Crippen LogP contribution in [-0.4, -0.2) is 43.4 Å². The molecule has 1 aromatic carbocycles. The Hall–Kier alpha value is -2.05. The van der Waals surface area contributed by atoms with Crippen LogP contribution in [0.25, 0.3) is 0 Å². The molecule has 1 amide bonds. The minimum atomic E-state index is -4.81. The second-order valence-corrected chi connectivity index (χ2v) is 4.74. The lowest BCUT2D eigenvalue weighted by molar-refractivity contribution is -0.185. The molecule has 4 nitrogen and oxygen atoms in total. The van der Waals surface area contributed by atoms with Crippen LogP contribution in [0.4, 0.5) is 13.2 Å². The quantitative estimate of drug-likeness (QED) is 0.620. The first-order valence-electron chi connectivity index (χ1n) is 6.46. The van der Waals surface area contributed by atoms with E-state index < -0.39 is 12.1 Å². The number of oxime groups is 1. The molecule has 2 rings (SSSR count). The van der Waals surface area contributed by atoms with Crippen molar-refractivity contribution in [2.75, 3.05) is 20.2 Å². The van der Waals surface area contributed by atoms with Gasteiger partial charge in [-0.15, -0.1) is 0 Å². The number of hydrogen-bond acceptors (Lipinski definition) is 3. The highest BCUT2D eigenvalue weighted by atomic mass is 19.4. The van der Waals surface area contributed by atoms with Gasteiger partial charge in [0.1, 0.15) is 7.11 Å². The third-order valence-corrected chi connectivity index (χ3v) is 3.37. The van der Waals surface area contributed by atoms with Crippen molar-refractivity contribution in [3.63, 3.8) is 0 Å². The summed E-state index contributed by atoms with van der Waals surface area (Å²) in [6.07, 6.45) is -2.47. The second kappa shape index (κ2) is 6.15. The first-order chi connectivity index (χ1) is 9.91. The maximum Gasteiger partial charge on any atom is 0.471 e. The van der Waals surface area contributed by atoms with Gasteiger partial charge in [0.15, 0.2) is 0 Å². The lowest BCUT2D eigenvalue weighted by atomic mass is 10.0. The van der Waals surface area contributed by atoms with E-state index >= 15 is 0 Å². The molecule has 7 heteroatoms. The van der Waals surface area contributed by atoms with Gasteiger partial charge in [-0.25, -0.2) is 0 Å². The molecule has 0 radical (unpaired) electrons. The SMILES string of the molecule is CO/N=C/c1ccc2c(c1)CCN(C(=O)C(F)(F)F)CC2. The summed E-state index contributed by atoms with van der Waals surface area (Å²) in [6, 6.07) is 5.54. The number of benzene rings is 1. The van der Waals surface area contributed by atoms with E-state index in [1.807, 2.05) is 18.2 Å². The number of halogens is 3. The largest absolute Gasteiger partial charge is 0.471 e. The summed E-state index contributed by atoms with van der Waals surface area (Å²) >= 11 is 0. The Morgan fingerprint density at radius 3 is 2.57 bits per heavy atom. The van der Waals surface area contributed by atoms with Gasteiger partial charge in [0.25, 0.3) is 0 Å². The van der Waals surface area contributed by atoms with Crippen LogP contribution in [0.3, 0.4) is 0 Å². The zero-order chi connectivity index (χ0) is 15.5. The maximum absolute atomic E-state index is 12.5. The molecule has 0 unspecified atom stereocenters. The van der Waals surface area contributed by atoms with E-state index in [0.717, 1.165) is 21.6 Å². The molecule has 1 aliphatic heterocycles. The van der Waals surface area contributed by atoms with E-state index in [9.17, 15) is 18.0 Å². The Labute approximate surface area is 120 Å². The highest BCUT2D eigenvalue weighted by Gasteiger charge is 2.42. The van der Waals surface area contributed by atoms with Crippen molar-refractivity contribution in [1.82, 2.24) is 4.90 Å². The van der Waals surface area contributed by atoms with Crippen molar-refractivity contribution >= 4 is 12.1 Å². The number of hydrogen-bond donors (Lipinski definition) is 0. The Bertz CT molecular complexity index is 556. The van der Waals surface area contributed by atoms with Crippen LogP contribution in [0, 0.1) is 0 Å². The van der Waals surface area contributed by atoms with Crippen molar-refractivity contribution in [2.24, 2.45) is 5.16 Å². The number of alkyl halides is 3. The molecule has 0 N–H and O–H groups in total. The van der Waals surface area contributed by atoms with Crippen molar-refractivity contribution in [3.05, 3.63) is 34.9 Å². The van der Waals surface area contributed by atoms with Crippen LogP contribution in [-0.2, 0) is 22.5 Å². The van der Waals surface area contributed by atoms with E-state index in [0.29, 0.717) is 12.8 Å². The molecule has 0 saturated heterocycles. The smallest absolute Gasteiger partial charge is 0.399 e. The van der Waals surface area contributed by atoms with Gasteiger partial charge in [0.2, 0.25) is 0 Å². The Morgan fingerprint density at radius 1 is 1.29 bits per heavy atom. The van der Waals surface area contributed by atoms with Gasteiger partial charge in [-0.1, -0.05) is 17.3 Å². The normalized spacial score (nSPS) is 15.7. The Kier molecular flexibility index (Phi) is 4.50. The molecule has 114 valence electrons. The third kappa shape index (κ3) is 3.74. The predicted molar refractivity (Wildman–Crippen MR) is 71.1 cm³/mol. The number of amides is 1. The minimum absolute atomic E-state index is 0.0657. The molecule has 0 saturated carbocycles.